The topological polar surface area (TPSA) is 63.4 Å². The van der Waals surface area contributed by atoms with Crippen molar-refractivity contribution in [3.8, 4) is 0 Å². The molecule has 1 heterocycles. The summed E-state index contributed by atoms with van der Waals surface area (Å²) in [5.74, 6) is 0. The zero-order valence-corrected chi connectivity index (χ0v) is 11.7. The van der Waals surface area contributed by atoms with Gasteiger partial charge in [-0.15, -0.1) is 0 Å². The van der Waals surface area contributed by atoms with Gasteiger partial charge < -0.3 is 5.73 Å². The molecule has 0 spiro atoms. The van der Waals surface area contributed by atoms with E-state index in [0.717, 1.165) is 18.4 Å². The lowest BCUT2D eigenvalue weighted by Crippen LogP contribution is -2.49. The number of nitrogens with zero attached hydrogens (tertiary/aromatic N) is 1. The molecule has 1 atom stereocenters. The summed E-state index contributed by atoms with van der Waals surface area (Å²) >= 11 is 0. The van der Waals surface area contributed by atoms with Crippen molar-refractivity contribution in [2.24, 2.45) is 5.73 Å². The standard InChI is InChI=1S/C13H20N2O2S/c1-11-6-3-4-7-12(11)18(16,17)15-9-5-8-13(15,2)10-14/h3-4,6-7H,5,8-10,14H2,1-2H3. The van der Waals surface area contributed by atoms with E-state index in [0.29, 0.717) is 18.0 Å². The molecule has 0 bridgehead atoms. The van der Waals surface area contributed by atoms with Crippen LogP contribution in [0, 0.1) is 6.92 Å². The van der Waals surface area contributed by atoms with E-state index in [4.69, 9.17) is 5.73 Å². The number of benzene rings is 1. The molecule has 2 rings (SSSR count). The smallest absolute Gasteiger partial charge is 0.243 e. The summed E-state index contributed by atoms with van der Waals surface area (Å²) in [5, 5.41) is 0. The van der Waals surface area contributed by atoms with Gasteiger partial charge in [0, 0.05) is 18.6 Å². The Morgan fingerprint density at radius 3 is 2.67 bits per heavy atom. The van der Waals surface area contributed by atoms with Crippen molar-refractivity contribution in [1.29, 1.82) is 0 Å². The van der Waals surface area contributed by atoms with E-state index in [1.165, 1.54) is 0 Å². The number of hydrogen-bond acceptors (Lipinski definition) is 3. The lowest BCUT2D eigenvalue weighted by atomic mass is 10.0. The van der Waals surface area contributed by atoms with Gasteiger partial charge in [-0.2, -0.15) is 4.31 Å². The molecule has 5 heteroatoms. The minimum atomic E-state index is -3.44. The summed E-state index contributed by atoms with van der Waals surface area (Å²) in [6, 6.07) is 7.10. The Kier molecular flexibility index (Phi) is 3.49. The fourth-order valence-corrected chi connectivity index (χ4v) is 4.66. The van der Waals surface area contributed by atoms with Crippen LogP contribution in [0.1, 0.15) is 25.3 Å². The highest BCUT2D eigenvalue weighted by molar-refractivity contribution is 7.89. The highest BCUT2D eigenvalue weighted by Crippen LogP contribution is 2.34. The molecule has 1 unspecified atom stereocenters. The molecule has 1 aromatic rings. The van der Waals surface area contributed by atoms with Crippen molar-refractivity contribution in [2.45, 2.75) is 37.1 Å². The lowest BCUT2D eigenvalue weighted by molar-refractivity contribution is 0.273. The van der Waals surface area contributed by atoms with E-state index in [1.54, 1.807) is 16.4 Å². The molecular weight excluding hydrogens is 248 g/mol. The summed E-state index contributed by atoms with van der Waals surface area (Å²) in [6.07, 6.45) is 1.70. The molecule has 1 aliphatic rings. The van der Waals surface area contributed by atoms with Gasteiger partial charge in [-0.05, 0) is 38.3 Å². The first-order chi connectivity index (χ1) is 8.42. The maximum Gasteiger partial charge on any atom is 0.243 e. The molecule has 0 aliphatic carbocycles. The Morgan fingerprint density at radius 1 is 1.39 bits per heavy atom. The number of hydrogen-bond donors (Lipinski definition) is 1. The molecule has 2 N–H and O–H groups in total. The third kappa shape index (κ3) is 2.06. The van der Waals surface area contributed by atoms with Gasteiger partial charge in [0.25, 0.3) is 0 Å². The van der Waals surface area contributed by atoms with Gasteiger partial charge >= 0.3 is 0 Å². The van der Waals surface area contributed by atoms with Gasteiger partial charge in [0.1, 0.15) is 0 Å². The fraction of sp³-hybridized carbons (Fsp3) is 0.538. The maximum atomic E-state index is 12.7. The molecule has 100 valence electrons. The molecule has 0 amide bonds. The van der Waals surface area contributed by atoms with Gasteiger partial charge in [0.2, 0.25) is 10.0 Å². The van der Waals surface area contributed by atoms with Gasteiger partial charge in [0.05, 0.1) is 4.90 Å². The molecule has 1 aliphatic heterocycles. The normalized spacial score (nSPS) is 25.5. The van der Waals surface area contributed by atoms with E-state index in [2.05, 4.69) is 0 Å². The molecular formula is C13H20N2O2S. The second-order valence-electron chi connectivity index (χ2n) is 5.15. The predicted molar refractivity (Wildman–Crippen MR) is 71.8 cm³/mol. The number of sulfonamides is 1. The predicted octanol–water partition coefficient (Wildman–Crippen LogP) is 1.50. The van der Waals surface area contributed by atoms with E-state index < -0.39 is 15.6 Å². The van der Waals surface area contributed by atoms with Crippen molar-refractivity contribution in [3.63, 3.8) is 0 Å². The van der Waals surface area contributed by atoms with Gasteiger partial charge in [0.15, 0.2) is 0 Å². The van der Waals surface area contributed by atoms with E-state index in [-0.39, 0.29) is 0 Å². The van der Waals surface area contributed by atoms with Crippen molar-refractivity contribution in [2.75, 3.05) is 13.1 Å². The zero-order chi connectivity index (χ0) is 13.4. The summed E-state index contributed by atoms with van der Waals surface area (Å²) in [4.78, 5) is 0.395. The summed E-state index contributed by atoms with van der Waals surface area (Å²) in [5.41, 5.74) is 6.10. The van der Waals surface area contributed by atoms with Crippen LogP contribution in [0.3, 0.4) is 0 Å². The SMILES string of the molecule is Cc1ccccc1S(=O)(=O)N1CCCC1(C)CN. The van der Waals surface area contributed by atoms with Crippen LogP contribution in [0.25, 0.3) is 0 Å². The molecule has 1 aromatic carbocycles. The Morgan fingerprint density at radius 2 is 2.06 bits per heavy atom. The largest absolute Gasteiger partial charge is 0.329 e. The highest BCUT2D eigenvalue weighted by Gasteiger charge is 2.43. The van der Waals surface area contributed by atoms with E-state index in [9.17, 15) is 8.42 Å². The first-order valence-corrected chi connectivity index (χ1v) is 7.64. The molecule has 4 nitrogen and oxygen atoms in total. The molecule has 0 aromatic heterocycles. The minimum Gasteiger partial charge on any atom is -0.329 e. The third-order valence-electron chi connectivity index (χ3n) is 3.78. The lowest BCUT2D eigenvalue weighted by Gasteiger charge is -2.33. The van der Waals surface area contributed by atoms with Crippen LogP contribution in [0.5, 0.6) is 0 Å². The molecule has 1 saturated heterocycles. The number of nitrogens with two attached hydrogens (primary N) is 1. The van der Waals surface area contributed by atoms with Crippen molar-refractivity contribution in [3.05, 3.63) is 29.8 Å². The Balaban J connectivity index is 2.47. The van der Waals surface area contributed by atoms with Crippen molar-refractivity contribution < 1.29 is 8.42 Å². The zero-order valence-electron chi connectivity index (χ0n) is 10.9. The second-order valence-corrected chi connectivity index (χ2v) is 6.98. The average molecular weight is 268 g/mol. The molecule has 0 saturated carbocycles. The van der Waals surface area contributed by atoms with Gasteiger partial charge in [-0.25, -0.2) is 8.42 Å². The van der Waals surface area contributed by atoms with Crippen LogP contribution in [-0.2, 0) is 10.0 Å². The maximum absolute atomic E-state index is 12.7. The first-order valence-electron chi connectivity index (χ1n) is 6.20. The van der Waals surface area contributed by atoms with Crippen LogP contribution in [0.4, 0.5) is 0 Å². The number of aryl methyl sites for hydroxylation is 1. The average Bonchev–Trinajstić information content (AvgIpc) is 2.73. The summed E-state index contributed by atoms with van der Waals surface area (Å²) in [6.45, 7) is 4.67. The number of rotatable bonds is 3. The quantitative estimate of drug-likeness (QED) is 0.903. The van der Waals surface area contributed by atoms with Gasteiger partial charge in [-0.1, -0.05) is 18.2 Å². The Bertz CT molecular complexity index is 542. The molecule has 1 fully saturated rings. The van der Waals surface area contributed by atoms with Crippen LogP contribution in [0.2, 0.25) is 0 Å². The fourth-order valence-electron chi connectivity index (χ4n) is 2.58. The first kappa shape index (κ1) is 13.5. The third-order valence-corrected chi connectivity index (χ3v) is 6.00. The van der Waals surface area contributed by atoms with Crippen molar-refractivity contribution >= 4 is 10.0 Å². The second kappa shape index (κ2) is 4.64. The van der Waals surface area contributed by atoms with Crippen LogP contribution in [-0.4, -0.2) is 31.4 Å². The van der Waals surface area contributed by atoms with Crippen molar-refractivity contribution in [1.82, 2.24) is 4.31 Å². The van der Waals surface area contributed by atoms with Crippen LogP contribution >= 0.6 is 0 Å². The molecule has 0 radical (unpaired) electrons. The van der Waals surface area contributed by atoms with E-state index >= 15 is 0 Å². The molecule has 18 heavy (non-hydrogen) atoms. The Hall–Kier alpha value is -0.910. The van der Waals surface area contributed by atoms with Crippen LogP contribution in [0.15, 0.2) is 29.2 Å². The summed E-state index contributed by atoms with van der Waals surface area (Å²) < 4.78 is 27.0. The monoisotopic (exact) mass is 268 g/mol. The highest BCUT2D eigenvalue weighted by atomic mass is 32.2. The summed E-state index contributed by atoms with van der Waals surface area (Å²) in [7, 11) is -3.44. The van der Waals surface area contributed by atoms with Gasteiger partial charge in [-0.3, -0.25) is 0 Å². The van der Waals surface area contributed by atoms with E-state index in [1.807, 2.05) is 26.0 Å². The van der Waals surface area contributed by atoms with Crippen LogP contribution < -0.4 is 5.73 Å². The minimum absolute atomic E-state index is 0.359. The Labute approximate surface area is 109 Å².